The summed E-state index contributed by atoms with van der Waals surface area (Å²) in [6.45, 7) is 1.92. The molecule has 0 unspecified atom stereocenters. The molecule has 0 aliphatic carbocycles. The zero-order valence-corrected chi connectivity index (χ0v) is 19.6. The molecule has 0 aliphatic heterocycles. The molecule has 4 nitrogen and oxygen atoms in total. The summed E-state index contributed by atoms with van der Waals surface area (Å²) in [7, 11) is 1.72. The Morgan fingerprint density at radius 2 is 1.71 bits per heavy atom. The topological polar surface area (TPSA) is 47.3 Å². The van der Waals surface area contributed by atoms with Crippen LogP contribution in [-0.4, -0.2) is 14.9 Å². The molecule has 0 aliphatic rings. The normalized spacial score (nSPS) is 11.6. The van der Waals surface area contributed by atoms with E-state index in [1.165, 1.54) is 6.07 Å². The van der Waals surface area contributed by atoms with Gasteiger partial charge < -0.3 is 9.84 Å². The highest BCUT2D eigenvalue weighted by atomic mass is 35.5. The van der Waals surface area contributed by atoms with Crippen molar-refractivity contribution in [2.75, 3.05) is 0 Å². The fourth-order valence-electron chi connectivity index (χ4n) is 3.68. The molecule has 9 heteroatoms. The van der Waals surface area contributed by atoms with Crippen LogP contribution in [0.1, 0.15) is 16.8 Å². The second kappa shape index (κ2) is 9.24. The van der Waals surface area contributed by atoms with E-state index in [2.05, 4.69) is 5.10 Å². The Morgan fingerprint density at radius 3 is 2.32 bits per heavy atom. The molecule has 3 aromatic carbocycles. The summed E-state index contributed by atoms with van der Waals surface area (Å²) in [4.78, 5) is 0. The van der Waals surface area contributed by atoms with E-state index in [0.717, 1.165) is 23.4 Å². The molecule has 0 radical (unpaired) electrons. The van der Waals surface area contributed by atoms with Gasteiger partial charge >= 0.3 is 6.18 Å². The van der Waals surface area contributed by atoms with E-state index in [1.54, 1.807) is 61.1 Å². The number of benzene rings is 3. The van der Waals surface area contributed by atoms with Crippen LogP contribution >= 0.6 is 23.2 Å². The highest BCUT2D eigenvalue weighted by Crippen LogP contribution is 2.46. The molecule has 1 N–H and O–H groups in total. The molecule has 0 bridgehead atoms. The third-order valence-corrected chi connectivity index (χ3v) is 5.87. The van der Waals surface area contributed by atoms with Crippen molar-refractivity contribution in [1.82, 2.24) is 9.78 Å². The van der Waals surface area contributed by atoms with Gasteiger partial charge in [0, 0.05) is 17.6 Å². The van der Waals surface area contributed by atoms with Crippen molar-refractivity contribution >= 4 is 23.2 Å². The van der Waals surface area contributed by atoms with Gasteiger partial charge in [0.1, 0.15) is 18.1 Å². The molecule has 0 atom stereocenters. The Labute approximate surface area is 204 Å². The zero-order valence-electron chi connectivity index (χ0n) is 18.1. The van der Waals surface area contributed by atoms with Crippen LogP contribution in [0.15, 0.2) is 60.7 Å². The predicted octanol–water partition coefficient (Wildman–Crippen LogP) is 7.67. The lowest BCUT2D eigenvalue weighted by Crippen LogP contribution is -2.06. The number of phenolic OH excluding ortho intramolecular Hbond substituents is 1. The molecule has 176 valence electrons. The molecule has 0 amide bonds. The summed E-state index contributed by atoms with van der Waals surface area (Å²) >= 11 is 11.7. The van der Waals surface area contributed by atoms with Crippen molar-refractivity contribution in [3.05, 3.63) is 87.5 Å². The third kappa shape index (κ3) is 4.86. The standard InChI is InChI=1S/C25H19Cl2F3N2O2/c1-14-11-21(32(2)31-14)18-8-10-22(34-13-15-3-6-17(26)7-4-15)23(24(18)33)16-5-9-20(27)19(12-16)25(28,29)30/h3-12,33H,13H2,1-2H3. The summed E-state index contributed by atoms with van der Waals surface area (Å²) in [6, 6.07) is 15.5. The molecular formula is C25H19Cl2F3N2O2. The van der Waals surface area contributed by atoms with Crippen molar-refractivity contribution in [3.8, 4) is 33.9 Å². The first-order chi connectivity index (χ1) is 16.0. The van der Waals surface area contributed by atoms with Crippen LogP contribution in [0.5, 0.6) is 11.5 Å². The first-order valence-corrected chi connectivity index (χ1v) is 10.9. The number of rotatable bonds is 5. The van der Waals surface area contributed by atoms with Crippen LogP contribution < -0.4 is 4.74 Å². The number of halogens is 5. The van der Waals surface area contributed by atoms with Gasteiger partial charge in [-0.15, -0.1) is 0 Å². The average Bonchev–Trinajstić information content (AvgIpc) is 3.11. The van der Waals surface area contributed by atoms with E-state index < -0.39 is 16.8 Å². The second-order valence-corrected chi connectivity index (χ2v) is 8.58. The molecule has 4 rings (SSSR count). The monoisotopic (exact) mass is 506 g/mol. The van der Waals surface area contributed by atoms with Gasteiger partial charge in [0.05, 0.1) is 27.5 Å². The highest BCUT2D eigenvalue weighted by Gasteiger charge is 2.34. The van der Waals surface area contributed by atoms with Gasteiger partial charge in [-0.1, -0.05) is 41.4 Å². The SMILES string of the molecule is Cc1cc(-c2ccc(OCc3ccc(Cl)cc3)c(-c3ccc(Cl)c(C(F)(F)F)c3)c2O)n(C)n1. The summed E-state index contributed by atoms with van der Waals surface area (Å²) < 4.78 is 48.2. The number of phenols is 1. The van der Waals surface area contributed by atoms with Gasteiger partial charge in [0.15, 0.2) is 0 Å². The van der Waals surface area contributed by atoms with E-state index in [1.807, 2.05) is 0 Å². The lowest BCUT2D eigenvalue weighted by atomic mass is 9.97. The van der Waals surface area contributed by atoms with Crippen molar-refractivity contribution in [2.24, 2.45) is 7.05 Å². The number of nitrogens with zero attached hydrogens (tertiary/aromatic N) is 2. The summed E-state index contributed by atoms with van der Waals surface area (Å²) in [5, 5.41) is 15.7. The third-order valence-electron chi connectivity index (χ3n) is 5.29. The number of hydrogen-bond donors (Lipinski definition) is 1. The van der Waals surface area contributed by atoms with E-state index in [0.29, 0.717) is 16.3 Å². The molecule has 34 heavy (non-hydrogen) atoms. The van der Waals surface area contributed by atoms with E-state index in [9.17, 15) is 18.3 Å². The van der Waals surface area contributed by atoms with Crippen LogP contribution in [0, 0.1) is 6.92 Å². The van der Waals surface area contributed by atoms with Crippen LogP contribution in [0.25, 0.3) is 22.4 Å². The minimum absolute atomic E-state index is 0.112. The Kier molecular flexibility index (Phi) is 6.51. The van der Waals surface area contributed by atoms with Crippen molar-refractivity contribution in [3.63, 3.8) is 0 Å². The van der Waals surface area contributed by atoms with Gasteiger partial charge in [0.25, 0.3) is 0 Å². The van der Waals surface area contributed by atoms with Gasteiger partial charge in [-0.25, -0.2) is 0 Å². The van der Waals surface area contributed by atoms with Gasteiger partial charge in [-0.2, -0.15) is 18.3 Å². The zero-order chi connectivity index (χ0) is 24.6. The van der Waals surface area contributed by atoms with Gasteiger partial charge in [-0.05, 0) is 60.5 Å². The van der Waals surface area contributed by atoms with Gasteiger partial charge in [0.2, 0.25) is 0 Å². The number of alkyl halides is 3. The lowest BCUT2D eigenvalue weighted by Gasteiger charge is -2.18. The van der Waals surface area contributed by atoms with Crippen LogP contribution in [0.3, 0.4) is 0 Å². The highest BCUT2D eigenvalue weighted by molar-refractivity contribution is 6.31. The van der Waals surface area contributed by atoms with Crippen LogP contribution in [0.4, 0.5) is 13.2 Å². The Bertz CT molecular complexity index is 1350. The molecule has 1 heterocycles. The largest absolute Gasteiger partial charge is 0.506 e. The Morgan fingerprint density at radius 1 is 1.00 bits per heavy atom. The Balaban J connectivity index is 1.86. The van der Waals surface area contributed by atoms with Gasteiger partial charge in [-0.3, -0.25) is 4.68 Å². The maximum atomic E-state index is 13.5. The minimum Gasteiger partial charge on any atom is -0.506 e. The van der Waals surface area contributed by atoms with E-state index >= 15 is 0 Å². The predicted molar refractivity (Wildman–Crippen MR) is 126 cm³/mol. The van der Waals surface area contributed by atoms with Crippen molar-refractivity contribution < 1.29 is 23.0 Å². The summed E-state index contributed by atoms with van der Waals surface area (Å²) in [5.74, 6) is -0.0161. The average molecular weight is 507 g/mol. The number of ether oxygens (including phenoxy) is 1. The Hall–Kier alpha value is -3.16. The van der Waals surface area contributed by atoms with Crippen LogP contribution in [-0.2, 0) is 19.8 Å². The quantitative estimate of drug-likeness (QED) is 0.302. The minimum atomic E-state index is -4.66. The summed E-state index contributed by atoms with van der Waals surface area (Å²) in [6.07, 6.45) is -4.66. The molecule has 1 aromatic heterocycles. The molecule has 0 spiro atoms. The first kappa shape index (κ1) is 24.0. The molecule has 4 aromatic rings. The van der Waals surface area contributed by atoms with Crippen LogP contribution in [0.2, 0.25) is 10.0 Å². The fraction of sp³-hybridized carbons (Fsp3) is 0.160. The number of aryl methyl sites for hydroxylation is 2. The number of hydrogen-bond acceptors (Lipinski definition) is 3. The second-order valence-electron chi connectivity index (χ2n) is 7.74. The number of aromatic hydroxyl groups is 1. The number of aromatic nitrogens is 2. The van der Waals surface area contributed by atoms with Crippen molar-refractivity contribution in [2.45, 2.75) is 19.7 Å². The van der Waals surface area contributed by atoms with Crippen molar-refractivity contribution in [1.29, 1.82) is 0 Å². The maximum absolute atomic E-state index is 13.5. The first-order valence-electron chi connectivity index (χ1n) is 10.2. The molecule has 0 fully saturated rings. The molecular weight excluding hydrogens is 488 g/mol. The lowest BCUT2D eigenvalue weighted by molar-refractivity contribution is -0.137. The fourth-order valence-corrected chi connectivity index (χ4v) is 4.03. The van der Waals surface area contributed by atoms with E-state index in [-0.39, 0.29) is 29.2 Å². The molecule has 0 saturated heterocycles. The smallest absolute Gasteiger partial charge is 0.417 e. The van der Waals surface area contributed by atoms with E-state index in [4.69, 9.17) is 27.9 Å². The maximum Gasteiger partial charge on any atom is 0.417 e. The molecule has 0 saturated carbocycles. The summed E-state index contributed by atoms with van der Waals surface area (Å²) in [5.41, 5.74) is 1.76.